The third-order valence-corrected chi connectivity index (χ3v) is 4.80. The first-order chi connectivity index (χ1) is 8.76. The van der Waals surface area contributed by atoms with Gasteiger partial charge in [-0.05, 0) is 55.6 Å². The first kappa shape index (κ1) is 11.9. The molecule has 0 N–H and O–H groups in total. The number of aldehydes is 1. The molecule has 0 amide bonds. The van der Waals surface area contributed by atoms with Gasteiger partial charge in [0.25, 0.3) is 0 Å². The molecule has 0 atom stereocenters. The van der Waals surface area contributed by atoms with E-state index in [0.717, 1.165) is 43.2 Å². The highest BCUT2D eigenvalue weighted by atomic mass is 16.1. The van der Waals surface area contributed by atoms with Crippen LogP contribution in [0.4, 0.5) is 0 Å². The molecule has 1 aromatic heterocycles. The van der Waals surface area contributed by atoms with Gasteiger partial charge in [0.05, 0.1) is 5.69 Å². The fourth-order valence-electron chi connectivity index (χ4n) is 3.51. The quantitative estimate of drug-likeness (QED) is 0.760. The zero-order valence-corrected chi connectivity index (χ0v) is 11.2. The smallest absolute Gasteiger partial charge is 0.151 e. The lowest BCUT2D eigenvalue weighted by Gasteiger charge is -2.45. The van der Waals surface area contributed by atoms with E-state index in [1.165, 1.54) is 36.9 Å². The Bertz CT molecular complexity index is 474. The molecule has 0 bridgehead atoms. The molecule has 1 fully saturated rings. The van der Waals surface area contributed by atoms with Crippen molar-refractivity contribution in [2.75, 3.05) is 0 Å². The van der Waals surface area contributed by atoms with E-state index in [9.17, 15) is 4.79 Å². The van der Waals surface area contributed by atoms with Crippen LogP contribution in [0.15, 0.2) is 6.07 Å². The van der Waals surface area contributed by atoms with Crippen molar-refractivity contribution in [3.8, 4) is 0 Å². The van der Waals surface area contributed by atoms with Gasteiger partial charge < -0.3 is 0 Å². The number of fused-ring (bicyclic) bond motifs is 1. The Hall–Kier alpha value is -1.18. The molecule has 1 heterocycles. The molecule has 0 unspecified atom stereocenters. The van der Waals surface area contributed by atoms with E-state index in [1.54, 1.807) is 0 Å². The van der Waals surface area contributed by atoms with Crippen molar-refractivity contribution in [1.29, 1.82) is 0 Å². The highest BCUT2D eigenvalue weighted by molar-refractivity contribution is 5.77. The maximum atomic E-state index is 11.1. The van der Waals surface area contributed by atoms with Crippen LogP contribution in [-0.4, -0.2) is 11.3 Å². The van der Waals surface area contributed by atoms with Crippen LogP contribution in [-0.2, 0) is 19.3 Å². The summed E-state index contributed by atoms with van der Waals surface area (Å²) in [4.78, 5) is 16.0. The molecule has 0 saturated heterocycles. The summed E-state index contributed by atoms with van der Waals surface area (Å²) < 4.78 is 0. The molecule has 3 rings (SSSR count). The second kappa shape index (κ2) is 4.49. The molecule has 1 aromatic rings. The number of pyridine rings is 1. The maximum Gasteiger partial charge on any atom is 0.151 e. The molecule has 1 saturated carbocycles. The van der Waals surface area contributed by atoms with Gasteiger partial charge >= 0.3 is 0 Å². The number of rotatable bonds is 3. The van der Waals surface area contributed by atoms with E-state index in [-0.39, 0.29) is 0 Å². The molecule has 2 aliphatic carbocycles. The molecule has 2 heteroatoms. The first-order valence-corrected chi connectivity index (χ1v) is 7.23. The Labute approximate surface area is 109 Å². The first-order valence-electron chi connectivity index (χ1n) is 7.23. The topological polar surface area (TPSA) is 30.0 Å². The van der Waals surface area contributed by atoms with Gasteiger partial charge in [-0.2, -0.15) is 0 Å². The number of hydrogen-bond donors (Lipinski definition) is 0. The molecular weight excluding hydrogens is 222 g/mol. The van der Waals surface area contributed by atoms with Crippen LogP contribution in [0.25, 0.3) is 0 Å². The zero-order chi connectivity index (χ0) is 12.6. The summed E-state index contributed by atoms with van der Waals surface area (Å²) in [6, 6.07) is 2.10. The van der Waals surface area contributed by atoms with Gasteiger partial charge in [-0.15, -0.1) is 0 Å². The van der Waals surface area contributed by atoms with E-state index in [4.69, 9.17) is 4.98 Å². The average Bonchev–Trinajstić information content (AvgIpc) is 2.36. The summed E-state index contributed by atoms with van der Waals surface area (Å²) in [5.41, 5.74) is 5.03. The summed E-state index contributed by atoms with van der Waals surface area (Å²) >= 11 is 0. The summed E-state index contributed by atoms with van der Waals surface area (Å²) in [5.74, 6) is 0. The predicted molar refractivity (Wildman–Crippen MR) is 71.9 cm³/mol. The molecule has 1 spiro atoms. The van der Waals surface area contributed by atoms with E-state index in [0.29, 0.717) is 5.41 Å². The van der Waals surface area contributed by atoms with Crippen LogP contribution in [0, 0.1) is 5.41 Å². The van der Waals surface area contributed by atoms with Gasteiger partial charge in [-0.25, -0.2) is 0 Å². The number of hydrogen-bond acceptors (Lipinski definition) is 2. The summed E-state index contributed by atoms with van der Waals surface area (Å²) in [7, 11) is 0. The fraction of sp³-hybridized carbons (Fsp3) is 0.625. The largest absolute Gasteiger partial charge is 0.298 e. The highest BCUT2D eigenvalue weighted by Crippen LogP contribution is 2.49. The molecule has 0 radical (unpaired) electrons. The molecule has 96 valence electrons. The molecule has 0 aliphatic heterocycles. The van der Waals surface area contributed by atoms with E-state index in [2.05, 4.69) is 13.0 Å². The molecular formula is C16H21NO. The van der Waals surface area contributed by atoms with Crippen molar-refractivity contribution in [3.05, 3.63) is 28.6 Å². The number of aromatic nitrogens is 1. The van der Waals surface area contributed by atoms with Crippen LogP contribution in [0.3, 0.4) is 0 Å². The summed E-state index contributed by atoms with van der Waals surface area (Å²) in [6.45, 7) is 2.14. The van der Waals surface area contributed by atoms with Crippen molar-refractivity contribution in [2.45, 2.75) is 58.3 Å². The summed E-state index contributed by atoms with van der Waals surface area (Å²) in [5, 5.41) is 0. The van der Waals surface area contributed by atoms with Gasteiger partial charge in [0.2, 0.25) is 0 Å². The van der Waals surface area contributed by atoms with Crippen molar-refractivity contribution >= 4 is 6.29 Å². The van der Waals surface area contributed by atoms with Gasteiger partial charge in [-0.3, -0.25) is 9.78 Å². The normalized spacial score (nSPS) is 20.3. The third kappa shape index (κ3) is 1.88. The second-order valence-corrected chi connectivity index (χ2v) is 6.03. The van der Waals surface area contributed by atoms with Crippen LogP contribution in [0.5, 0.6) is 0 Å². The van der Waals surface area contributed by atoms with Crippen LogP contribution < -0.4 is 0 Å². The van der Waals surface area contributed by atoms with E-state index < -0.39 is 0 Å². The highest BCUT2D eigenvalue weighted by Gasteiger charge is 2.40. The zero-order valence-electron chi connectivity index (χ0n) is 11.2. The lowest BCUT2D eigenvalue weighted by Crippen LogP contribution is -2.36. The van der Waals surface area contributed by atoms with Crippen LogP contribution in [0.1, 0.15) is 66.3 Å². The number of carbonyl (C=O) groups is 1. The van der Waals surface area contributed by atoms with Crippen molar-refractivity contribution < 1.29 is 4.79 Å². The van der Waals surface area contributed by atoms with Crippen LogP contribution >= 0.6 is 0 Å². The van der Waals surface area contributed by atoms with Gasteiger partial charge in [-0.1, -0.05) is 19.8 Å². The molecule has 0 aromatic carbocycles. The van der Waals surface area contributed by atoms with E-state index >= 15 is 0 Å². The fourth-order valence-corrected chi connectivity index (χ4v) is 3.51. The van der Waals surface area contributed by atoms with Gasteiger partial charge in [0.1, 0.15) is 0 Å². The number of carbonyl (C=O) groups excluding carboxylic acids is 1. The number of aryl methyl sites for hydroxylation is 2. The Morgan fingerprint density at radius 2 is 2.22 bits per heavy atom. The standard InChI is InChI=1S/C16H21NO/c1-2-4-14-13(11-18)9-12-5-8-16(6-3-7-16)10-15(12)17-14/h9,11H,2-8,10H2,1H3. The lowest BCUT2D eigenvalue weighted by atomic mass is 9.60. The van der Waals surface area contributed by atoms with Crippen LogP contribution in [0.2, 0.25) is 0 Å². The number of nitrogens with zero attached hydrogens (tertiary/aromatic N) is 1. The minimum Gasteiger partial charge on any atom is -0.298 e. The lowest BCUT2D eigenvalue weighted by molar-refractivity contribution is 0.109. The summed E-state index contributed by atoms with van der Waals surface area (Å²) in [6.07, 6.45) is 10.7. The Morgan fingerprint density at radius 3 is 2.83 bits per heavy atom. The van der Waals surface area contributed by atoms with Crippen molar-refractivity contribution in [3.63, 3.8) is 0 Å². The molecule has 18 heavy (non-hydrogen) atoms. The monoisotopic (exact) mass is 243 g/mol. The Morgan fingerprint density at radius 1 is 1.39 bits per heavy atom. The SMILES string of the molecule is CCCc1nc2c(cc1C=O)CCC1(CCC1)C2. The minimum atomic E-state index is 0.576. The predicted octanol–water partition coefficient (Wildman–Crippen LogP) is 3.51. The Kier molecular flexibility index (Phi) is 2.96. The average molecular weight is 243 g/mol. The molecule has 2 aliphatic rings. The van der Waals surface area contributed by atoms with Crippen molar-refractivity contribution in [2.24, 2.45) is 5.41 Å². The molecule has 2 nitrogen and oxygen atoms in total. The van der Waals surface area contributed by atoms with Crippen molar-refractivity contribution in [1.82, 2.24) is 4.98 Å². The third-order valence-electron chi connectivity index (χ3n) is 4.80. The van der Waals surface area contributed by atoms with Gasteiger partial charge in [0.15, 0.2) is 6.29 Å². The second-order valence-electron chi connectivity index (χ2n) is 6.03. The maximum absolute atomic E-state index is 11.1. The minimum absolute atomic E-state index is 0.576. The van der Waals surface area contributed by atoms with Gasteiger partial charge in [0, 0.05) is 11.3 Å². The van der Waals surface area contributed by atoms with E-state index in [1.807, 2.05) is 0 Å². The Balaban J connectivity index is 1.95.